The summed E-state index contributed by atoms with van der Waals surface area (Å²) < 4.78 is 38.4. The van der Waals surface area contributed by atoms with Gasteiger partial charge in [0.2, 0.25) is 0 Å². The van der Waals surface area contributed by atoms with Gasteiger partial charge in [0.1, 0.15) is 5.82 Å². The van der Waals surface area contributed by atoms with Crippen molar-refractivity contribution in [1.29, 1.82) is 0 Å². The average molecular weight is 309 g/mol. The van der Waals surface area contributed by atoms with Crippen molar-refractivity contribution in [1.82, 2.24) is 4.90 Å². The third kappa shape index (κ3) is 4.08. The van der Waals surface area contributed by atoms with Gasteiger partial charge in [-0.05, 0) is 38.7 Å². The van der Waals surface area contributed by atoms with Gasteiger partial charge in [0.15, 0.2) is 0 Å². The molecular formula is C19H30FNO. The Morgan fingerprint density at radius 2 is 1.73 bits per heavy atom. The molecule has 124 valence electrons. The van der Waals surface area contributed by atoms with Crippen molar-refractivity contribution in [3.63, 3.8) is 0 Å². The lowest BCUT2D eigenvalue weighted by molar-refractivity contribution is -0.182. The van der Waals surface area contributed by atoms with Crippen LogP contribution in [-0.4, -0.2) is 29.2 Å². The second-order valence-corrected chi connectivity index (χ2v) is 8.51. The number of morpholine rings is 1. The predicted octanol–water partition coefficient (Wildman–Crippen LogP) is 4.51. The Bertz CT molecular complexity index is 604. The lowest BCUT2D eigenvalue weighted by Gasteiger charge is -2.47. The van der Waals surface area contributed by atoms with Crippen molar-refractivity contribution in [2.24, 2.45) is 0 Å². The molecule has 0 aliphatic carbocycles. The normalized spacial score (nSPS) is 23.8. The third-order valence-electron chi connectivity index (χ3n) is 3.78. The topological polar surface area (TPSA) is 12.5 Å². The molecule has 1 saturated heterocycles. The molecule has 0 amide bonds. The van der Waals surface area contributed by atoms with E-state index in [9.17, 15) is 0 Å². The van der Waals surface area contributed by atoms with Crippen LogP contribution in [0.4, 0.5) is 4.39 Å². The van der Waals surface area contributed by atoms with E-state index in [1.807, 2.05) is 48.5 Å². The van der Waals surface area contributed by atoms with Crippen molar-refractivity contribution >= 4 is 0 Å². The van der Waals surface area contributed by atoms with Gasteiger partial charge in [-0.3, -0.25) is 4.90 Å². The van der Waals surface area contributed by atoms with Gasteiger partial charge in [0.05, 0.1) is 11.2 Å². The molecule has 2 nitrogen and oxygen atoms in total. The number of ether oxygens (including phenoxy) is 1. The molecular weight excluding hydrogens is 277 g/mol. The predicted molar refractivity (Wildman–Crippen MR) is 89.6 cm³/mol. The largest absolute Gasteiger partial charge is 0.367 e. The van der Waals surface area contributed by atoms with E-state index in [2.05, 4.69) is 0 Å². The second kappa shape index (κ2) is 5.61. The average Bonchev–Trinajstić information content (AvgIpc) is 2.33. The second-order valence-electron chi connectivity index (χ2n) is 8.51. The molecule has 0 saturated carbocycles. The van der Waals surface area contributed by atoms with Gasteiger partial charge in [-0.2, -0.15) is 0 Å². The van der Waals surface area contributed by atoms with E-state index in [1.165, 1.54) is 0 Å². The Hall–Kier alpha value is -0.930. The van der Waals surface area contributed by atoms with Gasteiger partial charge in [0.25, 0.3) is 0 Å². The molecule has 1 aromatic rings. The van der Waals surface area contributed by atoms with Crippen LogP contribution in [0.5, 0.6) is 0 Å². The molecule has 3 heteroatoms. The number of benzene rings is 1. The van der Waals surface area contributed by atoms with E-state index in [0.717, 1.165) is 0 Å². The Morgan fingerprint density at radius 1 is 1.18 bits per heavy atom. The molecule has 0 radical (unpaired) electrons. The summed E-state index contributed by atoms with van der Waals surface area (Å²) >= 11 is 0. The number of halogens is 1. The van der Waals surface area contributed by atoms with Crippen LogP contribution in [0.1, 0.15) is 62.3 Å². The number of hydrogen-bond donors (Lipinski definition) is 0. The van der Waals surface area contributed by atoms with Crippen molar-refractivity contribution in [3.8, 4) is 0 Å². The standard InChI is InChI=1S/C19H30FNO/c1-17(2,3)15-10-8-9-14(16(15)20)11-21-12-18(4,5)22-19(6,7)13-21/h8-10H,11-13H2,1-7H3/i11D2. The molecule has 1 fully saturated rings. The zero-order valence-electron chi connectivity index (χ0n) is 16.9. The summed E-state index contributed by atoms with van der Waals surface area (Å²) in [5.74, 6) is -0.447. The molecule has 22 heavy (non-hydrogen) atoms. The maximum Gasteiger partial charge on any atom is 0.131 e. The van der Waals surface area contributed by atoms with Crippen LogP contribution >= 0.6 is 0 Å². The van der Waals surface area contributed by atoms with Crippen LogP contribution in [0.25, 0.3) is 0 Å². The van der Waals surface area contributed by atoms with Gasteiger partial charge in [-0.25, -0.2) is 4.39 Å². The first kappa shape index (κ1) is 14.6. The Kier molecular flexibility index (Phi) is 3.74. The first-order valence-corrected chi connectivity index (χ1v) is 7.90. The molecule has 1 aromatic carbocycles. The highest BCUT2D eigenvalue weighted by molar-refractivity contribution is 5.31. The molecule has 1 aliphatic heterocycles. The van der Waals surface area contributed by atoms with Gasteiger partial charge in [0, 0.05) is 27.9 Å². The van der Waals surface area contributed by atoms with Gasteiger partial charge < -0.3 is 4.74 Å². The monoisotopic (exact) mass is 309 g/mol. The molecule has 0 aromatic heterocycles. The van der Waals surface area contributed by atoms with Crippen molar-refractivity contribution < 1.29 is 11.9 Å². The summed E-state index contributed by atoms with van der Waals surface area (Å²) in [6, 6.07) is 5.04. The number of rotatable bonds is 2. The third-order valence-corrected chi connectivity index (χ3v) is 3.78. The van der Waals surface area contributed by atoms with Crippen LogP contribution in [0.3, 0.4) is 0 Å². The highest BCUT2D eigenvalue weighted by Crippen LogP contribution is 2.31. The molecule has 1 heterocycles. The molecule has 0 spiro atoms. The maximum atomic E-state index is 15.1. The summed E-state index contributed by atoms with van der Waals surface area (Å²) in [6.07, 6.45) is 0. The molecule has 0 atom stereocenters. The molecule has 1 aliphatic rings. The van der Waals surface area contributed by atoms with Gasteiger partial charge in [-0.15, -0.1) is 0 Å². The van der Waals surface area contributed by atoms with E-state index < -0.39 is 23.5 Å². The highest BCUT2D eigenvalue weighted by Gasteiger charge is 2.38. The highest BCUT2D eigenvalue weighted by atomic mass is 19.1. The van der Waals surface area contributed by atoms with Crippen molar-refractivity contribution in [2.45, 2.75) is 71.6 Å². The number of hydrogen-bond acceptors (Lipinski definition) is 2. The quantitative estimate of drug-likeness (QED) is 0.797. The van der Waals surface area contributed by atoms with Crippen LogP contribution in [-0.2, 0) is 16.6 Å². The molecule has 0 unspecified atom stereocenters. The lowest BCUT2D eigenvalue weighted by atomic mass is 9.85. The first-order chi connectivity index (χ1) is 10.7. The van der Waals surface area contributed by atoms with Gasteiger partial charge in [-0.1, -0.05) is 39.0 Å². The summed E-state index contributed by atoms with van der Waals surface area (Å²) in [6.45, 7) is 12.5. The van der Waals surface area contributed by atoms with E-state index in [-0.39, 0.29) is 11.0 Å². The smallest absolute Gasteiger partial charge is 0.131 e. The Balaban J connectivity index is 2.47. The summed E-state index contributed by atoms with van der Waals surface area (Å²) in [4.78, 5) is 1.70. The summed E-state index contributed by atoms with van der Waals surface area (Å²) in [5, 5.41) is 0. The minimum Gasteiger partial charge on any atom is -0.367 e. The zero-order valence-corrected chi connectivity index (χ0v) is 14.9. The minimum atomic E-state index is -1.90. The fourth-order valence-electron chi connectivity index (χ4n) is 3.23. The lowest BCUT2D eigenvalue weighted by Crippen LogP contribution is -2.56. The number of nitrogens with zero attached hydrogens (tertiary/aromatic N) is 1. The summed E-state index contributed by atoms with van der Waals surface area (Å²) in [7, 11) is 0. The van der Waals surface area contributed by atoms with Crippen LogP contribution in [0.15, 0.2) is 18.2 Å². The van der Waals surface area contributed by atoms with E-state index in [1.54, 1.807) is 23.1 Å². The summed E-state index contributed by atoms with van der Waals surface area (Å²) in [5.41, 5.74) is -0.723. The Morgan fingerprint density at radius 3 is 2.23 bits per heavy atom. The SMILES string of the molecule is [2H]C([2H])(c1cccc(C(C)(C)C)c1F)N1CC(C)(C)OC(C)(C)C1. The molecule has 2 rings (SSSR count). The van der Waals surface area contributed by atoms with Crippen molar-refractivity contribution in [3.05, 3.63) is 35.1 Å². The van der Waals surface area contributed by atoms with E-state index in [0.29, 0.717) is 18.7 Å². The maximum absolute atomic E-state index is 15.1. The van der Waals surface area contributed by atoms with Crippen molar-refractivity contribution in [2.75, 3.05) is 13.1 Å². The zero-order chi connectivity index (χ0) is 18.6. The minimum absolute atomic E-state index is 0.100. The molecule has 0 N–H and O–H groups in total. The van der Waals surface area contributed by atoms with Gasteiger partial charge >= 0.3 is 0 Å². The molecule has 0 bridgehead atoms. The van der Waals surface area contributed by atoms with E-state index in [4.69, 9.17) is 7.48 Å². The van der Waals surface area contributed by atoms with Crippen LogP contribution in [0.2, 0.25) is 0 Å². The van der Waals surface area contributed by atoms with Crippen LogP contribution in [0, 0.1) is 5.82 Å². The Labute approximate surface area is 137 Å². The van der Waals surface area contributed by atoms with Crippen LogP contribution < -0.4 is 0 Å². The fourth-order valence-corrected chi connectivity index (χ4v) is 3.23. The fraction of sp³-hybridized carbons (Fsp3) is 0.684. The first-order valence-electron chi connectivity index (χ1n) is 8.90. The van der Waals surface area contributed by atoms with E-state index >= 15 is 4.39 Å².